The molecule has 7 heteroatoms. The molecule has 1 aliphatic heterocycles. The number of aryl methyl sites for hydroxylation is 2. The minimum Gasteiger partial charge on any atom is -0.480 e. The summed E-state index contributed by atoms with van der Waals surface area (Å²) in [4.78, 5) is 28.8. The van der Waals surface area contributed by atoms with Gasteiger partial charge in [-0.2, -0.15) is 0 Å². The largest absolute Gasteiger partial charge is 0.480 e. The van der Waals surface area contributed by atoms with E-state index < -0.39 is 11.7 Å². The van der Waals surface area contributed by atoms with Crippen LogP contribution in [0.15, 0.2) is 51.7 Å². The molecule has 4 rings (SSSR count). The van der Waals surface area contributed by atoms with E-state index in [-0.39, 0.29) is 5.91 Å². The summed E-state index contributed by atoms with van der Waals surface area (Å²) >= 11 is 6.10. The molecule has 0 saturated carbocycles. The van der Waals surface area contributed by atoms with E-state index in [0.29, 0.717) is 29.4 Å². The third-order valence-corrected chi connectivity index (χ3v) is 5.80. The van der Waals surface area contributed by atoms with E-state index >= 15 is 0 Å². The second-order valence-corrected chi connectivity index (χ2v) is 8.37. The maximum absolute atomic E-state index is 13.0. The van der Waals surface area contributed by atoms with Crippen LogP contribution in [0.5, 0.6) is 5.75 Å². The lowest BCUT2D eigenvalue weighted by atomic mass is 10.1. The Kier molecular flexibility index (Phi) is 5.92. The van der Waals surface area contributed by atoms with Crippen LogP contribution >= 0.6 is 11.6 Å². The number of rotatable bonds is 4. The van der Waals surface area contributed by atoms with Crippen molar-refractivity contribution in [3.8, 4) is 5.75 Å². The quantitative estimate of drug-likeness (QED) is 0.569. The number of fused-ring (bicyclic) bond motifs is 1. The van der Waals surface area contributed by atoms with Gasteiger partial charge in [0.15, 0.2) is 6.10 Å². The molecule has 1 atom stereocenters. The van der Waals surface area contributed by atoms with Crippen LogP contribution in [0.25, 0.3) is 11.0 Å². The molecular formula is C24H25ClN2O4. The summed E-state index contributed by atoms with van der Waals surface area (Å²) in [6.45, 7) is 8.18. The second-order valence-electron chi connectivity index (χ2n) is 7.94. The average molecular weight is 441 g/mol. The minimum absolute atomic E-state index is 0.0598. The number of ether oxygens (including phenoxy) is 1. The summed E-state index contributed by atoms with van der Waals surface area (Å²) in [5.74, 6) is 0.491. The summed E-state index contributed by atoms with van der Waals surface area (Å²) in [7, 11) is 0. The maximum atomic E-state index is 13.0. The molecule has 162 valence electrons. The highest BCUT2D eigenvalue weighted by Gasteiger charge is 2.27. The third-order valence-electron chi connectivity index (χ3n) is 5.57. The fraction of sp³-hybridized carbons (Fsp3) is 0.333. The smallest absolute Gasteiger partial charge is 0.336 e. The van der Waals surface area contributed by atoms with Crippen molar-refractivity contribution in [2.75, 3.05) is 31.1 Å². The van der Waals surface area contributed by atoms with Gasteiger partial charge in [-0.25, -0.2) is 4.79 Å². The van der Waals surface area contributed by atoms with Gasteiger partial charge in [0.05, 0.1) is 5.39 Å². The van der Waals surface area contributed by atoms with Crippen LogP contribution in [0.3, 0.4) is 0 Å². The highest BCUT2D eigenvalue weighted by Crippen LogP contribution is 2.30. The van der Waals surface area contributed by atoms with Crippen LogP contribution in [0.4, 0.5) is 5.69 Å². The zero-order chi connectivity index (χ0) is 22.1. The number of hydrogen-bond acceptors (Lipinski definition) is 5. The van der Waals surface area contributed by atoms with Crippen LogP contribution in [0.1, 0.15) is 18.1 Å². The molecule has 0 radical (unpaired) electrons. The van der Waals surface area contributed by atoms with Crippen LogP contribution in [0, 0.1) is 13.8 Å². The fourth-order valence-corrected chi connectivity index (χ4v) is 4.21. The number of carbonyl (C=O) groups is 1. The van der Waals surface area contributed by atoms with E-state index in [4.69, 9.17) is 20.8 Å². The molecule has 1 aromatic heterocycles. The van der Waals surface area contributed by atoms with Crippen molar-refractivity contribution in [2.24, 2.45) is 0 Å². The van der Waals surface area contributed by atoms with Gasteiger partial charge in [0, 0.05) is 43.0 Å². The van der Waals surface area contributed by atoms with Crippen molar-refractivity contribution < 1.29 is 13.9 Å². The number of nitrogens with zero attached hydrogens (tertiary/aromatic N) is 2. The highest BCUT2D eigenvalue weighted by molar-refractivity contribution is 6.30. The monoisotopic (exact) mass is 440 g/mol. The Hall–Kier alpha value is -2.99. The normalized spacial score (nSPS) is 15.2. The molecule has 0 bridgehead atoms. The van der Waals surface area contributed by atoms with Gasteiger partial charge in [-0.05, 0) is 62.2 Å². The Labute approximate surface area is 186 Å². The highest BCUT2D eigenvalue weighted by atomic mass is 35.5. The molecule has 1 fully saturated rings. The Morgan fingerprint density at radius 3 is 2.55 bits per heavy atom. The molecule has 0 spiro atoms. The summed E-state index contributed by atoms with van der Waals surface area (Å²) in [5, 5.41) is 1.42. The van der Waals surface area contributed by atoms with Crippen molar-refractivity contribution in [1.82, 2.24) is 4.90 Å². The van der Waals surface area contributed by atoms with Crippen molar-refractivity contribution in [3.05, 3.63) is 69.0 Å². The number of halogens is 1. The SMILES string of the molecule is Cc1cc(O[C@@H](C)C(=O)N2CCN(c3cccc(Cl)c3)CC2)c2c(C)cc(=O)oc2c1. The van der Waals surface area contributed by atoms with Crippen LogP contribution in [0.2, 0.25) is 5.02 Å². The lowest BCUT2D eigenvalue weighted by Crippen LogP contribution is -2.52. The first kappa shape index (κ1) is 21.2. The number of hydrogen-bond donors (Lipinski definition) is 0. The molecule has 0 aliphatic carbocycles. The minimum atomic E-state index is -0.658. The van der Waals surface area contributed by atoms with E-state index in [2.05, 4.69) is 4.90 Å². The Balaban J connectivity index is 1.47. The summed E-state index contributed by atoms with van der Waals surface area (Å²) < 4.78 is 11.4. The molecule has 1 saturated heterocycles. The first-order valence-corrected chi connectivity index (χ1v) is 10.7. The lowest BCUT2D eigenvalue weighted by molar-refractivity contribution is -0.138. The van der Waals surface area contributed by atoms with Crippen LogP contribution < -0.4 is 15.3 Å². The van der Waals surface area contributed by atoms with Crippen LogP contribution in [-0.2, 0) is 4.79 Å². The third kappa shape index (κ3) is 4.54. The first-order chi connectivity index (χ1) is 14.8. The van der Waals surface area contributed by atoms with Gasteiger partial charge >= 0.3 is 5.63 Å². The van der Waals surface area contributed by atoms with Crippen molar-refractivity contribution in [1.29, 1.82) is 0 Å². The van der Waals surface area contributed by atoms with Crippen LogP contribution in [-0.4, -0.2) is 43.1 Å². The topological polar surface area (TPSA) is 63.0 Å². The molecule has 31 heavy (non-hydrogen) atoms. The van der Waals surface area contributed by atoms with Gasteiger partial charge in [0.2, 0.25) is 0 Å². The zero-order valence-corrected chi connectivity index (χ0v) is 18.6. The summed E-state index contributed by atoms with van der Waals surface area (Å²) in [6, 6.07) is 12.9. The molecule has 6 nitrogen and oxygen atoms in total. The number of benzene rings is 2. The molecule has 0 N–H and O–H groups in total. The fourth-order valence-electron chi connectivity index (χ4n) is 4.03. The molecule has 2 heterocycles. The van der Waals surface area contributed by atoms with Crippen molar-refractivity contribution in [2.45, 2.75) is 26.9 Å². The van der Waals surface area contributed by atoms with Crippen molar-refractivity contribution in [3.63, 3.8) is 0 Å². The van der Waals surface area contributed by atoms with E-state index in [0.717, 1.165) is 35.3 Å². The first-order valence-electron chi connectivity index (χ1n) is 10.3. The molecule has 3 aromatic rings. The Morgan fingerprint density at radius 1 is 1.10 bits per heavy atom. The Morgan fingerprint density at radius 2 is 1.84 bits per heavy atom. The van der Waals surface area contributed by atoms with Gasteiger partial charge < -0.3 is 19.0 Å². The standard InChI is InChI=1S/C24H25ClN2O4/c1-15-11-20(23-16(2)13-22(28)31-21(23)12-15)30-17(3)24(29)27-9-7-26(8-10-27)19-6-4-5-18(25)14-19/h4-6,11-14,17H,7-10H2,1-3H3/t17-/m0/s1. The zero-order valence-electron chi connectivity index (χ0n) is 17.9. The van der Waals surface area contributed by atoms with Crippen molar-refractivity contribution >= 4 is 34.2 Å². The molecule has 1 aliphatic rings. The van der Waals surface area contributed by atoms with Gasteiger partial charge in [-0.15, -0.1) is 0 Å². The predicted molar refractivity (Wildman–Crippen MR) is 122 cm³/mol. The van der Waals surface area contributed by atoms with E-state index in [1.54, 1.807) is 13.0 Å². The number of amides is 1. The van der Waals surface area contributed by atoms with Gasteiger partial charge in [0.1, 0.15) is 11.3 Å². The average Bonchev–Trinajstić information content (AvgIpc) is 2.72. The number of anilines is 1. The van der Waals surface area contributed by atoms with E-state index in [1.807, 2.05) is 49.1 Å². The maximum Gasteiger partial charge on any atom is 0.336 e. The molecule has 1 amide bonds. The number of piperazine rings is 1. The summed E-state index contributed by atoms with van der Waals surface area (Å²) in [6.07, 6.45) is -0.658. The molecule has 2 aromatic carbocycles. The lowest BCUT2D eigenvalue weighted by Gasteiger charge is -2.37. The molecule has 0 unspecified atom stereocenters. The van der Waals surface area contributed by atoms with E-state index in [9.17, 15) is 9.59 Å². The molecular weight excluding hydrogens is 416 g/mol. The van der Waals surface area contributed by atoms with Gasteiger partial charge in [-0.1, -0.05) is 17.7 Å². The summed E-state index contributed by atoms with van der Waals surface area (Å²) in [5.41, 5.74) is 2.78. The van der Waals surface area contributed by atoms with E-state index in [1.165, 1.54) is 6.07 Å². The Bertz CT molecular complexity index is 1180. The van der Waals surface area contributed by atoms with Gasteiger partial charge in [0.25, 0.3) is 5.91 Å². The second kappa shape index (κ2) is 8.63. The number of carbonyl (C=O) groups excluding carboxylic acids is 1. The predicted octanol–water partition coefficient (Wildman–Crippen LogP) is 4.18. The van der Waals surface area contributed by atoms with Gasteiger partial charge in [-0.3, -0.25) is 4.79 Å².